The first-order valence-corrected chi connectivity index (χ1v) is 11.8. The van der Waals surface area contributed by atoms with E-state index < -0.39 is 0 Å². The zero-order valence-corrected chi connectivity index (χ0v) is 20.3. The summed E-state index contributed by atoms with van der Waals surface area (Å²) < 4.78 is 0. The first-order valence-electron chi connectivity index (χ1n) is 11.8. The lowest BCUT2D eigenvalue weighted by molar-refractivity contribution is 0.464. The molecule has 2 aromatic carbocycles. The summed E-state index contributed by atoms with van der Waals surface area (Å²) in [6, 6.07) is 4.36. The van der Waals surface area contributed by atoms with E-state index in [1.807, 2.05) is 27.7 Å². The molecule has 166 valence electrons. The molecule has 0 unspecified atom stereocenters. The smallest absolute Gasteiger partial charge is 0.121 e. The predicted molar refractivity (Wildman–Crippen MR) is 129 cm³/mol. The molecule has 0 saturated carbocycles. The van der Waals surface area contributed by atoms with Crippen molar-refractivity contribution < 1.29 is 10.2 Å². The van der Waals surface area contributed by atoms with E-state index in [-0.39, 0.29) is 5.92 Å². The van der Waals surface area contributed by atoms with Gasteiger partial charge in [-0.15, -0.1) is 0 Å². The van der Waals surface area contributed by atoms with Gasteiger partial charge in [0.05, 0.1) is 0 Å². The second kappa shape index (κ2) is 10.9. The van der Waals surface area contributed by atoms with Crippen LogP contribution in [0.2, 0.25) is 0 Å². The highest BCUT2D eigenvalue weighted by atomic mass is 16.3. The van der Waals surface area contributed by atoms with Gasteiger partial charge in [0.1, 0.15) is 11.5 Å². The summed E-state index contributed by atoms with van der Waals surface area (Å²) in [6.07, 6.45) is 10.2. The fourth-order valence-electron chi connectivity index (χ4n) is 4.71. The molecule has 0 aliphatic carbocycles. The maximum Gasteiger partial charge on any atom is 0.121 e. The zero-order valence-electron chi connectivity index (χ0n) is 20.3. The van der Waals surface area contributed by atoms with Gasteiger partial charge in [0, 0.05) is 5.92 Å². The third-order valence-electron chi connectivity index (χ3n) is 7.04. The Labute approximate surface area is 184 Å². The van der Waals surface area contributed by atoms with Crippen molar-refractivity contribution in [2.45, 2.75) is 106 Å². The SMILES string of the molecule is CCCCCCCCCC(c1cc(C)c(O)c(C)c1C)c1cc(C)c(O)c(C)c1C. The lowest BCUT2D eigenvalue weighted by atomic mass is 9.79. The van der Waals surface area contributed by atoms with Crippen LogP contribution in [0.15, 0.2) is 12.1 Å². The van der Waals surface area contributed by atoms with Gasteiger partial charge in [-0.05, 0) is 92.5 Å². The minimum absolute atomic E-state index is 0.289. The topological polar surface area (TPSA) is 40.5 Å². The number of aryl methyl sites for hydroxylation is 2. The highest BCUT2D eigenvalue weighted by molar-refractivity contribution is 5.55. The molecule has 0 aromatic heterocycles. The maximum absolute atomic E-state index is 10.4. The second-order valence-electron chi connectivity index (χ2n) is 9.23. The number of hydrogen-bond donors (Lipinski definition) is 2. The van der Waals surface area contributed by atoms with Gasteiger partial charge in [-0.3, -0.25) is 0 Å². The average Bonchev–Trinajstić information content (AvgIpc) is 2.73. The summed E-state index contributed by atoms with van der Waals surface area (Å²) in [5, 5.41) is 20.9. The Morgan fingerprint density at radius 2 is 1.00 bits per heavy atom. The summed E-state index contributed by atoms with van der Waals surface area (Å²) in [5.74, 6) is 1.12. The van der Waals surface area contributed by atoms with E-state index in [1.165, 1.54) is 67.2 Å². The van der Waals surface area contributed by atoms with Crippen LogP contribution in [0.4, 0.5) is 0 Å². The standard InChI is InChI=1S/C28H42O2/c1-8-9-10-11-12-13-14-15-24(25-16-18(2)27(29)22(6)20(25)4)26-17-19(3)28(30)23(7)21(26)5/h16-17,24,29-30H,8-15H2,1-7H3. The summed E-state index contributed by atoms with van der Waals surface area (Å²) >= 11 is 0. The van der Waals surface area contributed by atoms with Crippen LogP contribution in [-0.4, -0.2) is 10.2 Å². The Morgan fingerprint density at radius 3 is 1.43 bits per heavy atom. The van der Waals surface area contributed by atoms with Crippen molar-refractivity contribution in [1.82, 2.24) is 0 Å². The summed E-state index contributed by atoms with van der Waals surface area (Å²) in [5.41, 5.74) is 8.88. The molecular formula is C28H42O2. The minimum Gasteiger partial charge on any atom is -0.507 e. The number of hydrogen-bond acceptors (Lipinski definition) is 2. The van der Waals surface area contributed by atoms with Gasteiger partial charge in [0.15, 0.2) is 0 Å². The molecule has 0 radical (unpaired) electrons. The highest BCUT2D eigenvalue weighted by Gasteiger charge is 2.23. The molecule has 2 nitrogen and oxygen atoms in total. The van der Waals surface area contributed by atoms with E-state index in [9.17, 15) is 10.2 Å². The molecule has 0 amide bonds. The van der Waals surface area contributed by atoms with Crippen molar-refractivity contribution in [2.24, 2.45) is 0 Å². The first-order chi connectivity index (χ1) is 14.2. The van der Waals surface area contributed by atoms with E-state index in [0.29, 0.717) is 11.5 Å². The van der Waals surface area contributed by atoms with E-state index in [4.69, 9.17) is 0 Å². The van der Waals surface area contributed by atoms with Gasteiger partial charge in [-0.25, -0.2) is 0 Å². The van der Waals surface area contributed by atoms with Gasteiger partial charge in [0.25, 0.3) is 0 Å². The van der Waals surface area contributed by atoms with E-state index in [1.54, 1.807) is 0 Å². The molecular weight excluding hydrogens is 368 g/mol. The van der Waals surface area contributed by atoms with Crippen LogP contribution < -0.4 is 0 Å². The Bertz CT molecular complexity index is 800. The molecule has 2 heteroatoms. The maximum atomic E-state index is 10.4. The van der Waals surface area contributed by atoms with Crippen LogP contribution in [-0.2, 0) is 0 Å². The monoisotopic (exact) mass is 410 g/mol. The van der Waals surface area contributed by atoms with Crippen molar-refractivity contribution >= 4 is 0 Å². The van der Waals surface area contributed by atoms with Crippen LogP contribution in [0.5, 0.6) is 11.5 Å². The molecule has 0 aliphatic rings. The van der Waals surface area contributed by atoms with E-state index in [2.05, 4.69) is 32.9 Å². The predicted octanol–water partition coefficient (Wildman–Crippen LogP) is 8.22. The third kappa shape index (κ3) is 5.39. The fourth-order valence-corrected chi connectivity index (χ4v) is 4.71. The number of phenols is 2. The molecule has 2 N–H and O–H groups in total. The van der Waals surface area contributed by atoms with Crippen molar-refractivity contribution in [3.63, 3.8) is 0 Å². The molecule has 2 rings (SSSR count). The molecule has 0 atom stereocenters. The number of phenolic OH excluding ortho intramolecular Hbond substituents is 2. The van der Waals surface area contributed by atoms with Crippen molar-refractivity contribution in [2.75, 3.05) is 0 Å². The molecule has 0 bridgehead atoms. The minimum atomic E-state index is 0.289. The van der Waals surface area contributed by atoms with Crippen molar-refractivity contribution in [3.05, 3.63) is 56.6 Å². The molecule has 0 heterocycles. The number of rotatable bonds is 10. The third-order valence-corrected chi connectivity index (χ3v) is 7.04. The van der Waals surface area contributed by atoms with E-state index in [0.717, 1.165) is 28.7 Å². The lowest BCUT2D eigenvalue weighted by Gasteiger charge is -2.26. The normalized spacial score (nSPS) is 11.5. The number of unbranched alkanes of at least 4 members (excludes halogenated alkanes) is 6. The molecule has 0 spiro atoms. The van der Waals surface area contributed by atoms with Crippen molar-refractivity contribution in [3.8, 4) is 11.5 Å². The Balaban J connectivity index is 2.38. The Morgan fingerprint density at radius 1 is 0.600 bits per heavy atom. The summed E-state index contributed by atoms with van der Waals surface area (Å²) in [7, 11) is 0. The number of benzene rings is 2. The largest absolute Gasteiger partial charge is 0.507 e. The first kappa shape index (κ1) is 24.3. The number of aromatic hydroxyl groups is 2. The van der Waals surface area contributed by atoms with Gasteiger partial charge >= 0.3 is 0 Å². The average molecular weight is 411 g/mol. The van der Waals surface area contributed by atoms with Crippen LogP contribution >= 0.6 is 0 Å². The van der Waals surface area contributed by atoms with Crippen LogP contribution in [0, 0.1) is 41.5 Å². The van der Waals surface area contributed by atoms with Crippen LogP contribution in [0.25, 0.3) is 0 Å². The quantitative estimate of drug-likeness (QED) is 0.387. The molecule has 2 aromatic rings. The zero-order chi connectivity index (χ0) is 22.4. The summed E-state index contributed by atoms with van der Waals surface area (Å²) in [6.45, 7) is 14.6. The summed E-state index contributed by atoms with van der Waals surface area (Å²) in [4.78, 5) is 0. The molecule has 0 saturated heterocycles. The second-order valence-corrected chi connectivity index (χ2v) is 9.23. The van der Waals surface area contributed by atoms with Gasteiger partial charge in [-0.1, -0.05) is 64.0 Å². The van der Waals surface area contributed by atoms with Gasteiger partial charge in [-0.2, -0.15) is 0 Å². The lowest BCUT2D eigenvalue weighted by Crippen LogP contribution is -2.09. The van der Waals surface area contributed by atoms with Gasteiger partial charge in [0.2, 0.25) is 0 Å². The Kier molecular flexibility index (Phi) is 8.82. The van der Waals surface area contributed by atoms with E-state index >= 15 is 0 Å². The Hall–Kier alpha value is -1.96. The molecule has 30 heavy (non-hydrogen) atoms. The van der Waals surface area contributed by atoms with Crippen LogP contribution in [0.1, 0.15) is 109 Å². The van der Waals surface area contributed by atoms with Crippen LogP contribution in [0.3, 0.4) is 0 Å². The van der Waals surface area contributed by atoms with Gasteiger partial charge < -0.3 is 10.2 Å². The molecule has 0 aliphatic heterocycles. The molecule has 0 fully saturated rings. The highest BCUT2D eigenvalue weighted by Crippen LogP contribution is 2.41. The fraction of sp³-hybridized carbons (Fsp3) is 0.571. The van der Waals surface area contributed by atoms with Crippen molar-refractivity contribution in [1.29, 1.82) is 0 Å².